The van der Waals surface area contributed by atoms with Crippen LogP contribution in [0.1, 0.15) is 31.9 Å². The summed E-state index contributed by atoms with van der Waals surface area (Å²) < 4.78 is 5.43. The van der Waals surface area contributed by atoms with Crippen LogP contribution >= 0.6 is 0 Å². The molecule has 0 radical (unpaired) electrons. The third-order valence-electron chi connectivity index (χ3n) is 2.26. The molecule has 1 aromatic carbocycles. The molecular weight excluding hydrogens is 234 g/mol. The van der Waals surface area contributed by atoms with Crippen molar-refractivity contribution in [3.8, 4) is 5.75 Å². The van der Waals surface area contributed by atoms with Gasteiger partial charge in [-0.2, -0.15) is 0 Å². The van der Waals surface area contributed by atoms with E-state index in [0.717, 1.165) is 6.42 Å². The van der Waals surface area contributed by atoms with E-state index in [0.29, 0.717) is 17.9 Å². The van der Waals surface area contributed by atoms with E-state index < -0.39 is 12.0 Å². The van der Waals surface area contributed by atoms with Gasteiger partial charge in [0.15, 0.2) is 6.04 Å². The Bertz CT molecular complexity index is 431. The van der Waals surface area contributed by atoms with Gasteiger partial charge < -0.3 is 15.2 Å². The predicted molar refractivity (Wildman–Crippen MR) is 66.4 cm³/mol. The van der Waals surface area contributed by atoms with Gasteiger partial charge >= 0.3 is 5.97 Å². The van der Waals surface area contributed by atoms with Gasteiger partial charge in [0.1, 0.15) is 5.75 Å². The maximum Gasteiger partial charge on any atom is 0.330 e. The summed E-state index contributed by atoms with van der Waals surface area (Å²) >= 11 is 0. The maximum absolute atomic E-state index is 11.1. The van der Waals surface area contributed by atoms with Gasteiger partial charge in [-0.15, -0.1) is 0 Å². The molecule has 0 aliphatic carbocycles. The second kappa shape index (κ2) is 6.64. The number of carbonyl (C=O) groups excluding carboxylic acids is 1. The second-order valence-electron chi connectivity index (χ2n) is 3.89. The fraction of sp³-hybridized carbons (Fsp3) is 0.385. The van der Waals surface area contributed by atoms with Crippen molar-refractivity contribution in [1.82, 2.24) is 5.32 Å². The zero-order valence-electron chi connectivity index (χ0n) is 10.5. The van der Waals surface area contributed by atoms with Crippen LogP contribution in [-0.2, 0) is 9.59 Å². The van der Waals surface area contributed by atoms with E-state index in [4.69, 9.17) is 9.84 Å². The fourth-order valence-corrected chi connectivity index (χ4v) is 1.49. The van der Waals surface area contributed by atoms with E-state index in [2.05, 4.69) is 5.32 Å². The maximum atomic E-state index is 11.1. The molecule has 1 aromatic rings. The van der Waals surface area contributed by atoms with E-state index in [1.807, 2.05) is 6.92 Å². The zero-order chi connectivity index (χ0) is 13.5. The van der Waals surface area contributed by atoms with Crippen molar-refractivity contribution >= 4 is 11.9 Å². The largest absolute Gasteiger partial charge is 0.494 e. The number of carbonyl (C=O) groups is 2. The minimum absolute atomic E-state index is 0.387. The molecule has 0 saturated heterocycles. The SMILES string of the molecule is CCCOc1cccc(C(NC(C)=O)C(=O)O)c1. The van der Waals surface area contributed by atoms with Gasteiger partial charge in [-0.1, -0.05) is 19.1 Å². The van der Waals surface area contributed by atoms with Gasteiger partial charge in [0.2, 0.25) is 5.91 Å². The number of carboxylic acid groups (broad SMARTS) is 1. The van der Waals surface area contributed by atoms with Gasteiger partial charge in [-0.05, 0) is 24.1 Å². The molecule has 18 heavy (non-hydrogen) atoms. The third kappa shape index (κ3) is 4.08. The number of hydrogen-bond donors (Lipinski definition) is 2. The molecule has 0 aromatic heterocycles. The van der Waals surface area contributed by atoms with E-state index in [9.17, 15) is 9.59 Å². The first kappa shape index (κ1) is 14.0. The number of rotatable bonds is 6. The van der Waals surface area contributed by atoms with Gasteiger partial charge in [-0.25, -0.2) is 4.79 Å². The Morgan fingerprint density at radius 1 is 1.44 bits per heavy atom. The Hall–Kier alpha value is -2.04. The summed E-state index contributed by atoms with van der Waals surface area (Å²) in [5.74, 6) is -0.883. The average Bonchev–Trinajstić information content (AvgIpc) is 2.33. The van der Waals surface area contributed by atoms with E-state index >= 15 is 0 Å². The molecule has 2 N–H and O–H groups in total. The van der Waals surface area contributed by atoms with Gasteiger partial charge in [0.25, 0.3) is 0 Å². The molecule has 1 unspecified atom stereocenters. The molecule has 0 bridgehead atoms. The predicted octanol–water partition coefficient (Wildman–Crippen LogP) is 1.74. The van der Waals surface area contributed by atoms with Gasteiger partial charge in [0.05, 0.1) is 6.61 Å². The Labute approximate surface area is 106 Å². The highest BCUT2D eigenvalue weighted by molar-refractivity contribution is 5.83. The van der Waals surface area contributed by atoms with E-state index in [-0.39, 0.29) is 5.91 Å². The van der Waals surface area contributed by atoms with Crippen LogP contribution in [0.25, 0.3) is 0 Å². The van der Waals surface area contributed by atoms with Gasteiger partial charge in [0, 0.05) is 6.92 Å². The number of amides is 1. The van der Waals surface area contributed by atoms with Crippen LogP contribution in [0.15, 0.2) is 24.3 Å². The standard InChI is InChI=1S/C13H17NO4/c1-3-7-18-11-6-4-5-10(8-11)12(13(16)17)14-9(2)15/h4-6,8,12H,3,7H2,1-2H3,(H,14,15)(H,16,17). The van der Waals surface area contributed by atoms with Crippen LogP contribution < -0.4 is 10.1 Å². The first-order valence-electron chi connectivity index (χ1n) is 5.77. The number of nitrogens with one attached hydrogen (secondary N) is 1. The summed E-state index contributed by atoms with van der Waals surface area (Å²) in [5.41, 5.74) is 0.492. The van der Waals surface area contributed by atoms with Crippen LogP contribution in [0.3, 0.4) is 0 Å². The number of benzene rings is 1. The van der Waals surface area contributed by atoms with Crippen LogP contribution in [0, 0.1) is 0 Å². The van der Waals surface area contributed by atoms with Crippen molar-refractivity contribution < 1.29 is 19.4 Å². The smallest absolute Gasteiger partial charge is 0.330 e. The molecule has 1 atom stereocenters. The first-order valence-corrected chi connectivity index (χ1v) is 5.77. The molecule has 5 heteroatoms. The summed E-state index contributed by atoms with van der Waals surface area (Å²) in [6, 6.07) is 5.69. The minimum atomic E-state index is -1.10. The minimum Gasteiger partial charge on any atom is -0.494 e. The van der Waals surface area contributed by atoms with Crippen molar-refractivity contribution in [1.29, 1.82) is 0 Å². The number of carboxylic acids is 1. The van der Waals surface area contributed by atoms with Gasteiger partial charge in [-0.3, -0.25) is 4.79 Å². The lowest BCUT2D eigenvalue weighted by molar-refractivity contribution is -0.141. The number of hydrogen-bond acceptors (Lipinski definition) is 3. The topological polar surface area (TPSA) is 75.6 Å². The van der Waals surface area contributed by atoms with Crippen molar-refractivity contribution in [3.05, 3.63) is 29.8 Å². The Morgan fingerprint density at radius 3 is 2.72 bits per heavy atom. The van der Waals surface area contributed by atoms with Crippen LogP contribution in [-0.4, -0.2) is 23.6 Å². The first-order chi connectivity index (χ1) is 8.54. The lowest BCUT2D eigenvalue weighted by Crippen LogP contribution is -2.31. The molecule has 0 spiro atoms. The van der Waals surface area contributed by atoms with Crippen molar-refractivity contribution in [3.63, 3.8) is 0 Å². The fourth-order valence-electron chi connectivity index (χ4n) is 1.49. The molecule has 0 heterocycles. The summed E-state index contributed by atoms with van der Waals surface area (Å²) in [6.07, 6.45) is 0.873. The Kier molecular flexibility index (Phi) is 5.17. The average molecular weight is 251 g/mol. The summed E-state index contributed by atoms with van der Waals surface area (Å²) in [7, 11) is 0. The normalized spacial score (nSPS) is 11.7. The molecule has 1 amide bonds. The monoisotopic (exact) mass is 251 g/mol. The highest BCUT2D eigenvalue weighted by Crippen LogP contribution is 2.20. The third-order valence-corrected chi connectivity index (χ3v) is 2.26. The van der Waals surface area contributed by atoms with E-state index in [1.54, 1.807) is 24.3 Å². The molecule has 0 aliphatic heterocycles. The molecule has 1 rings (SSSR count). The highest BCUT2D eigenvalue weighted by atomic mass is 16.5. The molecule has 0 fully saturated rings. The Morgan fingerprint density at radius 2 is 2.17 bits per heavy atom. The van der Waals surface area contributed by atoms with Crippen molar-refractivity contribution in [2.45, 2.75) is 26.3 Å². The number of ether oxygens (including phenoxy) is 1. The van der Waals surface area contributed by atoms with Crippen LogP contribution in [0.5, 0.6) is 5.75 Å². The number of aliphatic carboxylic acids is 1. The second-order valence-corrected chi connectivity index (χ2v) is 3.89. The molecule has 0 aliphatic rings. The lowest BCUT2D eigenvalue weighted by Gasteiger charge is -2.14. The molecule has 0 saturated carbocycles. The summed E-state index contributed by atoms with van der Waals surface area (Å²) in [5, 5.41) is 11.5. The summed E-state index contributed by atoms with van der Waals surface area (Å²) in [6.45, 7) is 3.84. The van der Waals surface area contributed by atoms with E-state index in [1.165, 1.54) is 6.92 Å². The highest BCUT2D eigenvalue weighted by Gasteiger charge is 2.20. The zero-order valence-corrected chi connectivity index (χ0v) is 10.5. The van der Waals surface area contributed by atoms with Crippen LogP contribution in [0.4, 0.5) is 0 Å². The Balaban J connectivity index is 2.90. The van der Waals surface area contributed by atoms with Crippen molar-refractivity contribution in [2.24, 2.45) is 0 Å². The molecular formula is C13H17NO4. The van der Waals surface area contributed by atoms with Crippen molar-refractivity contribution in [2.75, 3.05) is 6.61 Å². The van der Waals surface area contributed by atoms with Crippen LogP contribution in [0.2, 0.25) is 0 Å². The lowest BCUT2D eigenvalue weighted by atomic mass is 10.1. The quantitative estimate of drug-likeness (QED) is 0.807. The molecule has 98 valence electrons. The summed E-state index contributed by atoms with van der Waals surface area (Å²) in [4.78, 5) is 22.1. The molecule has 5 nitrogen and oxygen atoms in total.